The highest BCUT2D eigenvalue weighted by molar-refractivity contribution is 7.91. The van der Waals surface area contributed by atoms with Gasteiger partial charge in [0.05, 0.1) is 11.5 Å². The van der Waals surface area contributed by atoms with Crippen molar-refractivity contribution < 1.29 is 17.5 Å². The molecule has 1 aromatic rings. The standard InChI is InChI=1S/C12H16FNO3S/c13-10-2-3-12-9(6-10)7-11(17-12)8-18(15,16)5-1-4-14/h2-3,6,11H,1,4-5,7-8,14H2. The van der Waals surface area contributed by atoms with Crippen LogP contribution in [0.4, 0.5) is 4.39 Å². The fourth-order valence-corrected chi connectivity index (χ4v) is 3.58. The van der Waals surface area contributed by atoms with E-state index in [1.165, 1.54) is 18.2 Å². The highest BCUT2D eigenvalue weighted by atomic mass is 32.2. The minimum atomic E-state index is -3.15. The predicted octanol–water partition coefficient (Wildman–Crippen LogP) is 0.893. The van der Waals surface area contributed by atoms with Gasteiger partial charge in [-0.3, -0.25) is 0 Å². The fourth-order valence-electron chi connectivity index (χ4n) is 2.05. The molecular weight excluding hydrogens is 257 g/mol. The molecule has 2 N–H and O–H groups in total. The van der Waals surface area contributed by atoms with Crippen molar-refractivity contribution in [1.29, 1.82) is 0 Å². The number of fused-ring (bicyclic) bond motifs is 1. The summed E-state index contributed by atoms with van der Waals surface area (Å²) in [4.78, 5) is 0. The lowest BCUT2D eigenvalue weighted by Gasteiger charge is -2.10. The summed E-state index contributed by atoms with van der Waals surface area (Å²) < 4.78 is 42.0. The summed E-state index contributed by atoms with van der Waals surface area (Å²) in [6.07, 6.45) is 0.482. The Morgan fingerprint density at radius 2 is 2.22 bits per heavy atom. The summed E-state index contributed by atoms with van der Waals surface area (Å²) in [6, 6.07) is 4.24. The van der Waals surface area contributed by atoms with Crippen LogP contribution in [-0.2, 0) is 16.3 Å². The maximum absolute atomic E-state index is 13.0. The average molecular weight is 273 g/mol. The zero-order valence-electron chi connectivity index (χ0n) is 9.93. The highest BCUT2D eigenvalue weighted by Gasteiger charge is 2.27. The van der Waals surface area contributed by atoms with Crippen LogP contribution in [0.5, 0.6) is 5.75 Å². The summed E-state index contributed by atoms with van der Waals surface area (Å²) in [6.45, 7) is 0.357. The first kappa shape index (κ1) is 13.3. The molecular formula is C12H16FNO3S. The fraction of sp³-hybridized carbons (Fsp3) is 0.500. The summed E-state index contributed by atoms with van der Waals surface area (Å²) in [5.41, 5.74) is 6.02. The molecule has 0 saturated heterocycles. The van der Waals surface area contributed by atoms with E-state index in [1.54, 1.807) is 0 Å². The number of hydrogen-bond acceptors (Lipinski definition) is 4. The summed E-state index contributed by atoms with van der Waals surface area (Å²) in [7, 11) is -3.15. The molecule has 1 aliphatic heterocycles. The molecule has 1 aliphatic rings. The van der Waals surface area contributed by atoms with Crippen LogP contribution in [0.2, 0.25) is 0 Å². The summed E-state index contributed by atoms with van der Waals surface area (Å²) in [5, 5.41) is 0. The molecule has 0 bridgehead atoms. The Morgan fingerprint density at radius 1 is 1.44 bits per heavy atom. The molecule has 0 radical (unpaired) electrons. The van der Waals surface area contributed by atoms with Crippen molar-refractivity contribution in [3.05, 3.63) is 29.6 Å². The monoisotopic (exact) mass is 273 g/mol. The Labute approximate surface area is 106 Å². The molecule has 0 aromatic heterocycles. The molecule has 100 valence electrons. The smallest absolute Gasteiger partial charge is 0.154 e. The van der Waals surface area contributed by atoms with Crippen LogP contribution in [0.15, 0.2) is 18.2 Å². The van der Waals surface area contributed by atoms with Crippen molar-refractivity contribution in [2.75, 3.05) is 18.1 Å². The largest absolute Gasteiger partial charge is 0.489 e. The SMILES string of the molecule is NCCCS(=O)(=O)CC1Cc2cc(F)ccc2O1. The van der Waals surface area contributed by atoms with Crippen molar-refractivity contribution in [3.63, 3.8) is 0 Å². The number of halogens is 1. The van der Waals surface area contributed by atoms with Gasteiger partial charge in [-0.15, -0.1) is 0 Å². The van der Waals surface area contributed by atoms with Gasteiger partial charge in [0.25, 0.3) is 0 Å². The van der Waals surface area contributed by atoms with Crippen molar-refractivity contribution in [1.82, 2.24) is 0 Å². The van der Waals surface area contributed by atoms with Gasteiger partial charge in [0.2, 0.25) is 0 Å². The Hall–Kier alpha value is -1.14. The molecule has 0 saturated carbocycles. The lowest BCUT2D eigenvalue weighted by atomic mass is 10.1. The van der Waals surface area contributed by atoms with Crippen LogP contribution in [0.1, 0.15) is 12.0 Å². The molecule has 1 heterocycles. The molecule has 0 fully saturated rings. The quantitative estimate of drug-likeness (QED) is 0.865. The first-order valence-electron chi connectivity index (χ1n) is 5.86. The zero-order chi connectivity index (χ0) is 13.2. The minimum Gasteiger partial charge on any atom is -0.489 e. The Morgan fingerprint density at radius 3 is 2.94 bits per heavy atom. The second-order valence-corrected chi connectivity index (χ2v) is 6.68. The average Bonchev–Trinajstić information content (AvgIpc) is 2.66. The van der Waals surface area contributed by atoms with E-state index < -0.39 is 15.9 Å². The van der Waals surface area contributed by atoms with Crippen LogP contribution in [0, 0.1) is 5.82 Å². The van der Waals surface area contributed by atoms with Crippen molar-refractivity contribution in [2.45, 2.75) is 18.9 Å². The molecule has 4 nitrogen and oxygen atoms in total. The number of nitrogens with two attached hydrogens (primary N) is 1. The van der Waals surface area contributed by atoms with Crippen LogP contribution in [-0.4, -0.2) is 32.6 Å². The first-order valence-corrected chi connectivity index (χ1v) is 7.68. The van der Waals surface area contributed by atoms with Gasteiger partial charge in [-0.1, -0.05) is 0 Å². The number of sulfone groups is 1. The van der Waals surface area contributed by atoms with Gasteiger partial charge in [0, 0.05) is 12.0 Å². The lowest BCUT2D eigenvalue weighted by molar-refractivity contribution is 0.256. The molecule has 0 aliphatic carbocycles. The van der Waals surface area contributed by atoms with Crippen LogP contribution in [0.25, 0.3) is 0 Å². The van der Waals surface area contributed by atoms with E-state index in [0.29, 0.717) is 25.1 Å². The maximum atomic E-state index is 13.0. The predicted molar refractivity (Wildman–Crippen MR) is 66.8 cm³/mol. The third-order valence-electron chi connectivity index (χ3n) is 2.86. The number of hydrogen-bond donors (Lipinski definition) is 1. The van der Waals surface area contributed by atoms with Gasteiger partial charge in [-0.05, 0) is 31.2 Å². The van der Waals surface area contributed by atoms with Gasteiger partial charge in [0.1, 0.15) is 17.7 Å². The second kappa shape index (κ2) is 5.24. The normalized spacial score (nSPS) is 18.4. The number of benzene rings is 1. The van der Waals surface area contributed by atoms with Crippen molar-refractivity contribution >= 4 is 9.84 Å². The van der Waals surface area contributed by atoms with Crippen molar-refractivity contribution in [3.8, 4) is 5.75 Å². The van der Waals surface area contributed by atoms with Gasteiger partial charge in [-0.2, -0.15) is 0 Å². The van der Waals surface area contributed by atoms with E-state index in [4.69, 9.17) is 10.5 Å². The zero-order valence-corrected chi connectivity index (χ0v) is 10.7. The van der Waals surface area contributed by atoms with E-state index in [2.05, 4.69) is 0 Å². The minimum absolute atomic E-state index is 0.0384. The molecule has 0 amide bonds. The van der Waals surface area contributed by atoms with Crippen LogP contribution in [0.3, 0.4) is 0 Å². The van der Waals surface area contributed by atoms with E-state index in [1.807, 2.05) is 0 Å². The van der Waals surface area contributed by atoms with E-state index in [-0.39, 0.29) is 17.3 Å². The lowest BCUT2D eigenvalue weighted by Crippen LogP contribution is -2.27. The van der Waals surface area contributed by atoms with E-state index >= 15 is 0 Å². The van der Waals surface area contributed by atoms with Crippen LogP contribution < -0.4 is 10.5 Å². The van der Waals surface area contributed by atoms with Gasteiger partial charge in [-0.25, -0.2) is 12.8 Å². The van der Waals surface area contributed by atoms with E-state index in [9.17, 15) is 12.8 Å². The first-order chi connectivity index (χ1) is 8.50. The van der Waals surface area contributed by atoms with Crippen LogP contribution >= 0.6 is 0 Å². The van der Waals surface area contributed by atoms with Crippen molar-refractivity contribution in [2.24, 2.45) is 5.73 Å². The Bertz CT molecular complexity index is 530. The maximum Gasteiger partial charge on any atom is 0.154 e. The molecule has 2 rings (SSSR count). The van der Waals surface area contributed by atoms with Gasteiger partial charge < -0.3 is 10.5 Å². The number of rotatable bonds is 5. The molecule has 1 unspecified atom stereocenters. The summed E-state index contributed by atoms with van der Waals surface area (Å²) >= 11 is 0. The Balaban J connectivity index is 1.99. The number of ether oxygens (including phenoxy) is 1. The van der Waals surface area contributed by atoms with Gasteiger partial charge in [0.15, 0.2) is 9.84 Å². The second-order valence-electron chi connectivity index (χ2n) is 4.45. The molecule has 18 heavy (non-hydrogen) atoms. The molecule has 1 aromatic carbocycles. The third-order valence-corrected chi connectivity index (χ3v) is 4.65. The van der Waals surface area contributed by atoms with E-state index in [0.717, 1.165) is 5.56 Å². The third kappa shape index (κ3) is 3.20. The highest BCUT2D eigenvalue weighted by Crippen LogP contribution is 2.29. The molecule has 0 spiro atoms. The molecule has 1 atom stereocenters. The Kier molecular flexibility index (Phi) is 3.87. The topological polar surface area (TPSA) is 69.4 Å². The van der Waals surface area contributed by atoms with Gasteiger partial charge >= 0.3 is 0 Å². The summed E-state index contributed by atoms with van der Waals surface area (Å²) in [5.74, 6) is 0.289. The molecule has 6 heteroatoms.